The van der Waals surface area contributed by atoms with E-state index in [9.17, 15) is 0 Å². The zero-order valence-corrected chi connectivity index (χ0v) is 10.7. The van der Waals surface area contributed by atoms with Gasteiger partial charge in [-0.15, -0.1) is 0 Å². The largest absolute Gasteiger partial charge is 0.249 e. The second-order valence-electron chi connectivity index (χ2n) is 5.23. The summed E-state index contributed by atoms with van der Waals surface area (Å²) >= 11 is 0. The summed E-state index contributed by atoms with van der Waals surface area (Å²) in [6, 6.07) is 0. The highest BCUT2D eigenvalue weighted by atomic mass is 17.1. The molecule has 1 atom stereocenters. The minimum absolute atomic E-state index is 0.198. The van der Waals surface area contributed by atoms with Crippen LogP contribution in [0.4, 0.5) is 0 Å². The first-order valence-corrected chi connectivity index (χ1v) is 5.51. The summed E-state index contributed by atoms with van der Waals surface area (Å²) in [6.07, 6.45) is 1.55. The molecule has 0 bridgehead atoms. The van der Waals surface area contributed by atoms with E-state index in [0.29, 0.717) is 12.3 Å². The van der Waals surface area contributed by atoms with Gasteiger partial charge in [0.1, 0.15) is 0 Å². The average molecular weight is 216 g/mol. The third-order valence-corrected chi connectivity index (χ3v) is 2.38. The average Bonchev–Trinajstić information content (AvgIpc) is 2.14. The van der Waals surface area contributed by atoms with Gasteiger partial charge >= 0.3 is 0 Å². The van der Waals surface area contributed by atoms with Crippen molar-refractivity contribution in [2.45, 2.75) is 65.6 Å². The van der Waals surface area contributed by atoms with Crippen LogP contribution in [0.1, 0.15) is 54.4 Å². The molecular formula is C11H24N2O2. The van der Waals surface area contributed by atoms with Gasteiger partial charge < -0.3 is 0 Å². The van der Waals surface area contributed by atoms with Crippen molar-refractivity contribution in [2.75, 3.05) is 0 Å². The summed E-state index contributed by atoms with van der Waals surface area (Å²) in [5, 5.41) is 17.2. The molecule has 0 rings (SSSR count). The first-order chi connectivity index (χ1) is 6.74. The Hall–Kier alpha value is -0.480. The molecule has 0 saturated carbocycles. The maximum atomic E-state index is 8.85. The standard InChI is InChI=1S/C11H24N2O2/c1-7-10(4,5)12-13-11(6,15-14)8-9(2)3/h9,14H,7-8H2,1-6H3/b13-12+. The molecule has 0 radical (unpaired) electrons. The van der Waals surface area contributed by atoms with Crippen LogP contribution < -0.4 is 0 Å². The fourth-order valence-electron chi connectivity index (χ4n) is 1.17. The van der Waals surface area contributed by atoms with Gasteiger partial charge in [0.2, 0.25) is 5.72 Å². The minimum atomic E-state index is -0.916. The Labute approximate surface area is 92.7 Å². The van der Waals surface area contributed by atoms with Gasteiger partial charge in [0, 0.05) is 6.42 Å². The predicted molar refractivity (Wildman–Crippen MR) is 60.8 cm³/mol. The van der Waals surface area contributed by atoms with Crippen LogP contribution in [-0.2, 0) is 4.89 Å². The quantitative estimate of drug-likeness (QED) is 0.416. The highest BCUT2D eigenvalue weighted by Gasteiger charge is 2.27. The highest BCUT2D eigenvalue weighted by molar-refractivity contribution is 4.77. The van der Waals surface area contributed by atoms with E-state index in [4.69, 9.17) is 5.26 Å². The Bertz CT molecular complexity index is 215. The summed E-state index contributed by atoms with van der Waals surface area (Å²) in [5.74, 6) is 0.394. The van der Waals surface area contributed by atoms with Crippen LogP contribution in [0.5, 0.6) is 0 Å². The summed E-state index contributed by atoms with van der Waals surface area (Å²) in [5.41, 5.74) is -1.11. The number of rotatable bonds is 6. The van der Waals surface area contributed by atoms with E-state index in [0.717, 1.165) is 6.42 Å². The first-order valence-electron chi connectivity index (χ1n) is 5.51. The second kappa shape index (κ2) is 5.56. The van der Waals surface area contributed by atoms with Gasteiger partial charge in [-0.2, -0.15) is 10.2 Å². The molecule has 0 aromatic rings. The van der Waals surface area contributed by atoms with Crippen molar-refractivity contribution in [3.05, 3.63) is 0 Å². The number of hydrogen-bond acceptors (Lipinski definition) is 4. The molecule has 0 aliphatic heterocycles. The number of nitrogens with zero attached hydrogens (tertiary/aromatic N) is 2. The smallest absolute Gasteiger partial charge is 0.209 e. The van der Waals surface area contributed by atoms with Gasteiger partial charge in [-0.3, -0.25) is 0 Å². The van der Waals surface area contributed by atoms with E-state index in [1.807, 2.05) is 13.8 Å². The lowest BCUT2D eigenvalue weighted by atomic mass is 10.0. The van der Waals surface area contributed by atoms with Gasteiger partial charge in [0.25, 0.3) is 0 Å². The van der Waals surface area contributed by atoms with Crippen LogP contribution >= 0.6 is 0 Å². The summed E-state index contributed by atoms with van der Waals surface area (Å²) in [4.78, 5) is 4.43. The molecule has 0 heterocycles. The van der Waals surface area contributed by atoms with Crippen LogP contribution in [0.25, 0.3) is 0 Å². The molecule has 4 nitrogen and oxygen atoms in total. The van der Waals surface area contributed by atoms with Crippen molar-refractivity contribution in [3.63, 3.8) is 0 Å². The lowest BCUT2D eigenvalue weighted by Crippen LogP contribution is -2.28. The fourth-order valence-corrected chi connectivity index (χ4v) is 1.17. The van der Waals surface area contributed by atoms with Crippen molar-refractivity contribution >= 4 is 0 Å². The van der Waals surface area contributed by atoms with Crippen LogP contribution in [-0.4, -0.2) is 16.5 Å². The first kappa shape index (κ1) is 14.5. The van der Waals surface area contributed by atoms with E-state index in [2.05, 4.69) is 35.9 Å². The second-order valence-corrected chi connectivity index (χ2v) is 5.23. The number of hydrogen-bond donors (Lipinski definition) is 1. The Kier molecular flexibility index (Phi) is 5.38. The number of azo groups is 1. The zero-order valence-electron chi connectivity index (χ0n) is 10.7. The van der Waals surface area contributed by atoms with Crippen molar-refractivity contribution in [2.24, 2.45) is 16.1 Å². The van der Waals surface area contributed by atoms with Crippen LogP contribution in [0, 0.1) is 5.92 Å². The molecule has 15 heavy (non-hydrogen) atoms. The molecule has 90 valence electrons. The van der Waals surface area contributed by atoms with Gasteiger partial charge in [0.15, 0.2) is 0 Å². The lowest BCUT2D eigenvalue weighted by Gasteiger charge is -2.24. The van der Waals surface area contributed by atoms with Crippen LogP contribution in [0.3, 0.4) is 0 Å². The maximum absolute atomic E-state index is 8.85. The highest BCUT2D eigenvalue weighted by Crippen LogP contribution is 2.24. The summed E-state index contributed by atoms with van der Waals surface area (Å²) in [7, 11) is 0. The Morgan fingerprint density at radius 1 is 1.20 bits per heavy atom. The Balaban J connectivity index is 4.56. The Morgan fingerprint density at radius 2 is 1.73 bits per heavy atom. The molecule has 0 fully saturated rings. The van der Waals surface area contributed by atoms with Crippen molar-refractivity contribution in [1.82, 2.24) is 0 Å². The monoisotopic (exact) mass is 216 g/mol. The van der Waals surface area contributed by atoms with E-state index in [1.54, 1.807) is 6.92 Å². The van der Waals surface area contributed by atoms with Crippen molar-refractivity contribution in [1.29, 1.82) is 0 Å². The van der Waals surface area contributed by atoms with E-state index in [-0.39, 0.29) is 5.54 Å². The Morgan fingerprint density at radius 3 is 2.07 bits per heavy atom. The molecule has 0 aliphatic rings. The molecule has 0 spiro atoms. The normalized spacial score (nSPS) is 17.3. The predicted octanol–water partition coefficient (Wildman–Crippen LogP) is 3.88. The van der Waals surface area contributed by atoms with Crippen molar-refractivity contribution < 1.29 is 10.1 Å². The molecule has 0 aromatic carbocycles. The van der Waals surface area contributed by atoms with Gasteiger partial charge in [-0.1, -0.05) is 20.8 Å². The van der Waals surface area contributed by atoms with Gasteiger partial charge in [-0.25, -0.2) is 10.1 Å². The van der Waals surface area contributed by atoms with Gasteiger partial charge in [-0.05, 0) is 33.1 Å². The summed E-state index contributed by atoms with van der Waals surface area (Å²) in [6.45, 7) is 11.9. The lowest BCUT2D eigenvalue weighted by molar-refractivity contribution is -0.321. The minimum Gasteiger partial charge on any atom is -0.249 e. The molecule has 0 saturated heterocycles. The topological polar surface area (TPSA) is 54.2 Å². The SMILES string of the molecule is CCC(C)(C)/N=N/C(C)(CC(C)C)OO. The zero-order chi connectivity index (χ0) is 12.1. The van der Waals surface area contributed by atoms with E-state index < -0.39 is 5.72 Å². The molecule has 0 aromatic heterocycles. The molecule has 4 heteroatoms. The molecule has 1 N–H and O–H groups in total. The van der Waals surface area contributed by atoms with Crippen LogP contribution in [0.15, 0.2) is 10.2 Å². The fraction of sp³-hybridized carbons (Fsp3) is 1.00. The molecule has 0 aliphatic carbocycles. The molecular weight excluding hydrogens is 192 g/mol. The third-order valence-electron chi connectivity index (χ3n) is 2.38. The van der Waals surface area contributed by atoms with Crippen molar-refractivity contribution in [3.8, 4) is 0 Å². The van der Waals surface area contributed by atoms with E-state index >= 15 is 0 Å². The summed E-state index contributed by atoms with van der Waals surface area (Å²) < 4.78 is 0. The third kappa shape index (κ3) is 5.85. The molecule has 1 unspecified atom stereocenters. The van der Waals surface area contributed by atoms with Crippen LogP contribution in [0.2, 0.25) is 0 Å². The maximum Gasteiger partial charge on any atom is 0.209 e. The van der Waals surface area contributed by atoms with E-state index in [1.165, 1.54) is 0 Å². The van der Waals surface area contributed by atoms with Gasteiger partial charge in [0.05, 0.1) is 5.54 Å². The molecule has 0 amide bonds.